The third kappa shape index (κ3) is 6.31. The molecule has 4 rings (SSSR count). The molecule has 188 valence electrons. The molecule has 1 aromatic carbocycles. The highest BCUT2D eigenvalue weighted by Crippen LogP contribution is 2.42. The third-order valence-corrected chi connectivity index (χ3v) is 7.45. The van der Waals surface area contributed by atoms with Crippen molar-refractivity contribution in [1.82, 2.24) is 14.8 Å². The first-order chi connectivity index (χ1) is 16.5. The molecule has 5 nitrogen and oxygen atoms in total. The lowest BCUT2D eigenvalue weighted by molar-refractivity contribution is 0.0183. The van der Waals surface area contributed by atoms with Crippen LogP contribution in [0.4, 0.5) is 0 Å². The summed E-state index contributed by atoms with van der Waals surface area (Å²) in [5.74, 6) is 2.29. The maximum Gasteiger partial charge on any atom is 0.130 e. The summed E-state index contributed by atoms with van der Waals surface area (Å²) in [7, 11) is 3.54. The van der Waals surface area contributed by atoms with Crippen LogP contribution in [0.1, 0.15) is 76.0 Å². The smallest absolute Gasteiger partial charge is 0.130 e. The van der Waals surface area contributed by atoms with Crippen molar-refractivity contribution in [1.29, 1.82) is 0 Å². The van der Waals surface area contributed by atoms with Crippen LogP contribution in [0, 0.1) is 5.41 Å². The molecule has 0 N–H and O–H groups in total. The van der Waals surface area contributed by atoms with Gasteiger partial charge in [-0.05, 0) is 80.4 Å². The molecule has 0 amide bonds. The lowest BCUT2D eigenvalue weighted by Gasteiger charge is -2.48. The number of piperidine rings is 2. The van der Waals surface area contributed by atoms with Crippen LogP contribution in [-0.2, 0) is 13.1 Å². The van der Waals surface area contributed by atoms with Crippen LogP contribution in [0.5, 0.6) is 11.5 Å². The molecule has 34 heavy (non-hydrogen) atoms. The van der Waals surface area contributed by atoms with Gasteiger partial charge in [0.25, 0.3) is 0 Å². The van der Waals surface area contributed by atoms with Gasteiger partial charge >= 0.3 is 0 Å². The number of hydrogen-bond acceptors (Lipinski definition) is 5. The van der Waals surface area contributed by atoms with E-state index < -0.39 is 0 Å². The normalized spacial score (nSPS) is 18.4. The topological polar surface area (TPSA) is 37.8 Å². The maximum atomic E-state index is 5.91. The Morgan fingerprint density at radius 2 is 1.59 bits per heavy atom. The van der Waals surface area contributed by atoms with Crippen molar-refractivity contribution in [2.75, 3.05) is 40.4 Å². The summed E-state index contributed by atoms with van der Waals surface area (Å²) < 4.78 is 11.5. The fraction of sp³-hybridized carbons (Fsp3) is 0.621. The van der Waals surface area contributed by atoms with Gasteiger partial charge in [-0.15, -0.1) is 0 Å². The van der Waals surface area contributed by atoms with E-state index in [2.05, 4.69) is 52.9 Å². The summed E-state index contributed by atoms with van der Waals surface area (Å²) in [5.41, 5.74) is 4.30. The molecule has 2 aromatic rings. The van der Waals surface area contributed by atoms with E-state index in [1.165, 1.54) is 68.6 Å². The maximum absolute atomic E-state index is 5.91. The Morgan fingerprint density at radius 1 is 0.882 bits per heavy atom. The van der Waals surface area contributed by atoms with E-state index in [1.54, 1.807) is 14.2 Å². The highest BCUT2D eigenvalue weighted by atomic mass is 16.5. The minimum Gasteiger partial charge on any atom is -0.496 e. The van der Waals surface area contributed by atoms with Crippen LogP contribution >= 0.6 is 0 Å². The fourth-order valence-corrected chi connectivity index (χ4v) is 5.74. The van der Waals surface area contributed by atoms with Crippen LogP contribution in [0.25, 0.3) is 0 Å². The van der Waals surface area contributed by atoms with Gasteiger partial charge in [0, 0.05) is 43.2 Å². The lowest BCUT2D eigenvalue weighted by atomic mass is 9.72. The molecule has 2 aliphatic heterocycles. The van der Waals surface area contributed by atoms with E-state index in [9.17, 15) is 0 Å². The number of ether oxygens (including phenoxy) is 2. The number of benzene rings is 1. The Balaban J connectivity index is 0.00000158. The van der Waals surface area contributed by atoms with Crippen molar-refractivity contribution < 1.29 is 9.47 Å². The zero-order chi connectivity index (χ0) is 24.6. The molecule has 2 fully saturated rings. The summed E-state index contributed by atoms with van der Waals surface area (Å²) >= 11 is 0. The minimum absolute atomic E-state index is 0.359. The summed E-state index contributed by atoms with van der Waals surface area (Å²) in [6.45, 7) is 15.2. The van der Waals surface area contributed by atoms with Gasteiger partial charge in [0.2, 0.25) is 0 Å². The first-order valence-corrected chi connectivity index (χ1v) is 13.1. The molecule has 0 unspecified atom stereocenters. The third-order valence-electron chi connectivity index (χ3n) is 7.45. The van der Waals surface area contributed by atoms with Crippen molar-refractivity contribution in [2.24, 2.45) is 5.41 Å². The molecular weight excluding hydrogens is 422 g/mol. The molecule has 2 aliphatic rings. The Morgan fingerprint density at radius 3 is 2.21 bits per heavy atom. The van der Waals surface area contributed by atoms with Gasteiger partial charge in [0.1, 0.15) is 11.5 Å². The van der Waals surface area contributed by atoms with E-state index in [0.29, 0.717) is 11.3 Å². The Bertz CT molecular complexity index is 876. The largest absolute Gasteiger partial charge is 0.496 e. The van der Waals surface area contributed by atoms with Crippen LogP contribution in [-0.4, -0.2) is 55.2 Å². The second kappa shape index (κ2) is 12.6. The van der Waals surface area contributed by atoms with Gasteiger partial charge in [-0.2, -0.15) is 0 Å². The van der Waals surface area contributed by atoms with E-state index in [-0.39, 0.29) is 0 Å². The number of rotatable bonds is 7. The van der Waals surface area contributed by atoms with Gasteiger partial charge in [-0.25, -0.2) is 0 Å². The average molecular weight is 468 g/mol. The summed E-state index contributed by atoms with van der Waals surface area (Å²) in [4.78, 5) is 9.42. The SMILES string of the molecule is CC.COc1ccc(CN2CCCC3(CCN(Cc4ccncc4)CC3)C2)c(OC)c1C(C)C. The van der Waals surface area contributed by atoms with Gasteiger partial charge < -0.3 is 9.47 Å². The molecule has 5 heteroatoms. The number of nitrogens with zero attached hydrogens (tertiary/aromatic N) is 3. The first kappa shape index (κ1) is 26.5. The fourth-order valence-electron chi connectivity index (χ4n) is 5.74. The minimum atomic E-state index is 0.359. The van der Waals surface area contributed by atoms with Gasteiger partial charge in [-0.3, -0.25) is 14.8 Å². The van der Waals surface area contributed by atoms with E-state index in [1.807, 2.05) is 26.2 Å². The van der Waals surface area contributed by atoms with E-state index in [0.717, 1.165) is 24.6 Å². The van der Waals surface area contributed by atoms with Gasteiger partial charge in [-0.1, -0.05) is 33.8 Å². The van der Waals surface area contributed by atoms with Gasteiger partial charge in [0.05, 0.1) is 14.2 Å². The number of pyridine rings is 1. The summed E-state index contributed by atoms with van der Waals surface area (Å²) in [5, 5.41) is 0. The Labute approximate surface area is 207 Å². The molecule has 0 bridgehead atoms. The first-order valence-electron chi connectivity index (χ1n) is 13.1. The van der Waals surface area contributed by atoms with Crippen LogP contribution < -0.4 is 9.47 Å². The highest BCUT2D eigenvalue weighted by molar-refractivity contribution is 5.51. The molecule has 0 aliphatic carbocycles. The molecule has 1 spiro atoms. The molecule has 2 saturated heterocycles. The van der Waals surface area contributed by atoms with Crippen molar-refractivity contribution in [3.63, 3.8) is 0 Å². The lowest BCUT2D eigenvalue weighted by Crippen LogP contribution is -2.49. The van der Waals surface area contributed by atoms with E-state index in [4.69, 9.17) is 9.47 Å². The zero-order valence-electron chi connectivity index (χ0n) is 22.3. The molecule has 0 atom stereocenters. The van der Waals surface area contributed by atoms with Crippen molar-refractivity contribution in [3.05, 3.63) is 53.3 Å². The predicted octanol–water partition coefficient (Wildman–Crippen LogP) is 6.13. The number of methoxy groups -OCH3 is 2. The van der Waals surface area contributed by atoms with Crippen molar-refractivity contribution in [3.8, 4) is 11.5 Å². The monoisotopic (exact) mass is 467 g/mol. The number of likely N-dealkylation sites (tertiary alicyclic amines) is 2. The second-order valence-corrected chi connectivity index (χ2v) is 9.97. The molecule has 3 heterocycles. The standard InChI is InChI=1S/C27H39N3O2.C2H6/c1-21(2)25-24(31-3)7-6-23(26(25)32-4)19-30-15-5-10-27(20-30)11-16-29(17-12-27)18-22-8-13-28-14-9-22;1-2/h6-9,13-14,21H,5,10-12,15-20H2,1-4H3;1-2H3. The number of aromatic nitrogens is 1. The zero-order valence-corrected chi connectivity index (χ0v) is 22.3. The molecule has 0 saturated carbocycles. The van der Waals surface area contributed by atoms with Gasteiger partial charge in [0.15, 0.2) is 0 Å². The van der Waals surface area contributed by atoms with E-state index >= 15 is 0 Å². The molecule has 0 radical (unpaired) electrons. The van der Waals surface area contributed by atoms with Crippen LogP contribution in [0.15, 0.2) is 36.7 Å². The Hall–Kier alpha value is -2.11. The van der Waals surface area contributed by atoms with Crippen molar-refractivity contribution in [2.45, 2.75) is 72.4 Å². The summed E-state index contributed by atoms with van der Waals surface area (Å²) in [6, 6.07) is 8.59. The van der Waals surface area contributed by atoms with Crippen molar-refractivity contribution >= 4 is 0 Å². The Kier molecular flexibility index (Phi) is 9.78. The highest BCUT2D eigenvalue weighted by Gasteiger charge is 2.38. The molecule has 1 aromatic heterocycles. The second-order valence-electron chi connectivity index (χ2n) is 9.97. The van der Waals surface area contributed by atoms with Crippen LogP contribution in [0.2, 0.25) is 0 Å². The average Bonchev–Trinajstić information content (AvgIpc) is 2.87. The predicted molar refractivity (Wildman–Crippen MR) is 141 cm³/mol. The number of hydrogen-bond donors (Lipinski definition) is 0. The van der Waals surface area contributed by atoms with Crippen LogP contribution in [0.3, 0.4) is 0 Å². The summed E-state index contributed by atoms with van der Waals surface area (Å²) in [6.07, 6.45) is 9.05. The molecular formula is C29H45N3O2. The quantitative estimate of drug-likeness (QED) is 0.490.